The van der Waals surface area contributed by atoms with Crippen molar-refractivity contribution < 1.29 is 9.47 Å². The van der Waals surface area contributed by atoms with Gasteiger partial charge in [-0.2, -0.15) is 0 Å². The van der Waals surface area contributed by atoms with Crippen molar-refractivity contribution in [1.82, 2.24) is 9.88 Å². The minimum absolute atomic E-state index is 0.335. The van der Waals surface area contributed by atoms with Gasteiger partial charge in [0.25, 0.3) is 0 Å². The first kappa shape index (κ1) is 20.6. The fourth-order valence-electron chi connectivity index (χ4n) is 5.71. The minimum Gasteiger partial charge on any atom is -0.493 e. The number of ether oxygens (including phenoxy) is 2. The van der Waals surface area contributed by atoms with Crippen LogP contribution in [0.3, 0.4) is 0 Å². The maximum atomic E-state index is 6.45. The molecule has 4 aliphatic rings. The molecule has 1 unspecified atom stereocenters. The quantitative estimate of drug-likeness (QED) is 0.597. The lowest BCUT2D eigenvalue weighted by atomic mass is 10.0. The fourth-order valence-corrected chi connectivity index (χ4v) is 5.71. The van der Waals surface area contributed by atoms with Gasteiger partial charge in [-0.1, -0.05) is 6.92 Å². The second-order valence-corrected chi connectivity index (χ2v) is 11.0. The van der Waals surface area contributed by atoms with Gasteiger partial charge in [-0.25, -0.2) is 0 Å². The molecule has 1 N–H and O–H groups in total. The molecule has 0 amide bonds. The van der Waals surface area contributed by atoms with Gasteiger partial charge < -0.3 is 19.7 Å². The number of hydrogen-bond acceptors (Lipinski definition) is 5. The SMILES string of the molecule is COc1cc2c(NCC3CC3)c3c(nc2cc1OCC1(CN2CCCC2)CC1)CC(C)C3. The Hall–Kier alpha value is -2.01. The summed E-state index contributed by atoms with van der Waals surface area (Å²) in [5.74, 6) is 3.17. The number of hydrogen-bond donors (Lipinski definition) is 1. The van der Waals surface area contributed by atoms with Gasteiger partial charge in [-0.15, -0.1) is 0 Å². The highest BCUT2D eigenvalue weighted by Crippen LogP contribution is 2.48. The first-order valence-corrected chi connectivity index (χ1v) is 12.7. The van der Waals surface area contributed by atoms with Gasteiger partial charge in [0.15, 0.2) is 11.5 Å². The lowest BCUT2D eigenvalue weighted by Gasteiger charge is -2.24. The van der Waals surface area contributed by atoms with Crippen LogP contribution in [0.15, 0.2) is 12.1 Å². The Kier molecular flexibility index (Phi) is 5.20. The maximum Gasteiger partial charge on any atom is 0.163 e. The Morgan fingerprint density at radius 1 is 1.12 bits per heavy atom. The third-order valence-corrected chi connectivity index (χ3v) is 8.06. The molecular weight excluding hydrogens is 398 g/mol. The zero-order valence-corrected chi connectivity index (χ0v) is 19.7. The largest absolute Gasteiger partial charge is 0.493 e. The van der Waals surface area contributed by atoms with Crippen LogP contribution in [0, 0.1) is 17.3 Å². The molecule has 0 bridgehead atoms. The minimum atomic E-state index is 0.335. The molecule has 1 saturated heterocycles. The Morgan fingerprint density at radius 3 is 2.66 bits per heavy atom. The van der Waals surface area contributed by atoms with E-state index in [0.29, 0.717) is 11.3 Å². The van der Waals surface area contributed by atoms with Crippen LogP contribution in [-0.4, -0.2) is 49.8 Å². The Bertz CT molecular complexity index is 1010. The number of anilines is 1. The molecule has 1 aromatic carbocycles. The average molecular weight is 436 g/mol. The third kappa shape index (κ3) is 4.05. The van der Waals surface area contributed by atoms with Crippen LogP contribution >= 0.6 is 0 Å². The topological polar surface area (TPSA) is 46.6 Å². The average Bonchev–Trinajstić information content (AvgIpc) is 3.67. The van der Waals surface area contributed by atoms with Crippen molar-refractivity contribution >= 4 is 16.6 Å². The maximum absolute atomic E-state index is 6.45. The van der Waals surface area contributed by atoms with Crippen LogP contribution in [0.1, 0.15) is 56.7 Å². The van der Waals surface area contributed by atoms with Gasteiger partial charge in [0.05, 0.1) is 19.2 Å². The monoisotopic (exact) mass is 435 g/mol. The highest BCUT2D eigenvalue weighted by atomic mass is 16.5. The van der Waals surface area contributed by atoms with Crippen LogP contribution in [0.5, 0.6) is 11.5 Å². The van der Waals surface area contributed by atoms with E-state index in [1.807, 2.05) is 0 Å². The lowest BCUT2D eigenvalue weighted by Crippen LogP contribution is -2.31. The lowest BCUT2D eigenvalue weighted by molar-refractivity contribution is 0.175. The van der Waals surface area contributed by atoms with Gasteiger partial charge >= 0.3 is 0 Å². The van der Waals surface area contributed by atoms with Gasteiger partial charge in [0, 0.05) is 41.3 Å². The second-order valence-electron chi connectivity index (χ2n) is 11.0. The molecule has 32 heavy (non-hydrogen) atoms. The fraction of sp³-hybridized carbons (Fsp3) is 0.667. The number of rotatable bonds is 9. The van der Waals surface area contributed by atoms with E-state index in [9.17, 15) is 0 Å². The summed E-state index contributed by atoms with van der Waals surface area (Å²) < 4.78 is 12.3. The van der Waals surface area contributed by atoms with E-state index in [4.69, 9.17) is 14.5 Å². The van der Waals surface area contributed by atoms with Crippen molar-refractivity contribution in [2.45, 2.75) is 58.3 Å². The first-order valence-electron chi connectivity index (χ1n) is 12.7. The summed E-state index contributed by atoms with van der Waals surface area (Å²) in [7, 11) is 1.76. The molecule has 2 aromatic rings. The van der Waals surface area contributed by atoms with E-state index >= 15 is 0 Å². The molecule has 6 rings (SSSR count). The number of benzene rings is 1. The predicted octanol–water partition coefficient (Wildman–Crippen LogP) is 5.05. The molecule has 3 aliphatic carbocycles. The number of aromatic nitrogens is 1. The number of fused-ring (bicyclic) bond motifs is 2. The molecule has 2 heterocycles. The molecular formula is C27H37N3O2. The third-order valence-electron chi connectivity index (χ3n) is 8.06. The zero-order chi connectivity index (χ0) is 21.7. The van der Waals surface area contributed by atoms with Gasteiger partial charge in [0.2, 0.25) is 0 Å². The normalized spacial score (nSPS) is 24.0. The van der Waals surface area contributed by atoms with Crippen molar-refractivity contribution in [1.29, 1.82) is 0 Å². The number of nitrogens with zero attached hydrogens (tertiary/aromatic N) is 2. The summed E-state index contributed by atoms with van der Waals surface area (Å²) in [6.45, 7) is 7.87. The summed E-state index contributed by atoms with van der Waals surface area (Å²) in [5, 5.41) is 4.99. The van der Waals surface area contributed by atoms with Crippen molar-refractivity contribution in [3.63, 3.8) is 0 Å². The van der Waals surface area contributed by atoms with Crippen LogP contribution in [0.2, 0.25) is 0 Å². The summed E-state index contributed by atoms with van der Waals surface area (Å²) in [4.78, 5) is 7.73. The van der Waals surface area contributed by atoms with Crippen molar-refractivity contribution in [3.8, 4) is 11.5 Å². The smallest absolute Gasteiger partial charge is 0.163 e. The van der Waals surface area contributed by atoms with Gasteiger partial charge in [-0.3, -0.25) is 4.98 Å². The van der Waals surface area contributed by atoms with Gasteiger partial charge in [0.1, 0.15) is 0 Å². The van der Waals surface area contributed by atoms with Gasteiger partial charge in [-0.05, 0) is 87.9 Å². The van der Waals surface area contributed by atoms with E-state index in [2.05, 4.69) is 29.3 Å². The zero-order valence-electron chi connectivity index (χ0n) is 19.7. The molecule has 1 aromatic heterocycles. The van der Waals surface area contributed by atoms with Crippen LogP contribution < -0.4 is 14.8 Å². The van der Waals surface area contributed by atoms with Crippen molar-refractivity contribution in [2.75, 3.05) is 45.2 Å². The number of pyridine rings is 1. The Balaban J connectivity index is 1.28. The molecule has 172 valence electrons. The number of methoxy groups -OCH3 is 1. The molecule has 3 fully saturated rings. The van der Waals surface area contributed by atoms with E-state index in [1.165, 1.54) is 80.5 Å². The molecule has 5 nitrogen and oxygen atoms in total. The molecule has 0 radical (unpaired) electrons. The van der Waals surface area contributed by atoms with E-state index < -0.39 is 0 Å². The molecule has 2 saturated carbocycles. The molecule has 0 spiro atoms. The Morgan fingerprint density at radius 2 is 1.94 bits per heavy atom. The van der Waals surface area contributed by atoms with Crippen LogP contribution in [-0.2, 0) is 12.8 Å². The van der Waals surface area contributed by atoms with E-state index in [0.717, 1.165) is 48.9 Å². The van der Waals surface area contributed by atoms with E-state index in [-0.39, 0.29) is 0 Å². The first-order chi connectivity index (χ1) is 15.6. The van der Waals surface area contributed by atoms with Crippen LogP contribution in [0.25, 0.3) is 10.9 Å². The van der Waals surface area contributed by atoms with Crippen molar-refractivity contribution in [2.24, 2.45) is 17.3 Å². The molecule has 1 atom stereocenters. The predicted molar refractivity (Wildman–Crippen MR) is 129 cm³/mol. The standard InChI is InChI=1S/C27H37N3O2/c1-18-11-20-22(12-18)29-23-14-25(32-17-27(7-8-27)16-30-9-3-4-10-30)24(31-2)13-21(23)26(20)28-15-19-5-6-19/h13-14,18-19H,3-12,15-17H2,1-2H3,(H,28,29). The van der Waals surface area contributed by atoms with Crippen molar-refractivity contribution in [3.05, 3.63) is 23.4 Å². The molecule has 1 aliphatic heterocycles. The number of nitrogens with one attached hydrogen (secondary N) is 1. The highest BCUT2D eigenvalue weighted by molar-refractivity contribution is 5.96. The summed E-state index contributed by atoms with van der Waals surface area (Å²) in [6, 6.07) is 4.29. The number of likely N-dealkylation sites (tertiary alicyclic amines) is 1. The highest BCUT2D eigenvalue weighted by Gasteiger charge is 2.45. The van der Waals surface area contributed by atoms with Crippen LogP contribution in [0.4, 0.5) is 5.69 Å². The van der Waals surface area contributed by atoms with E-state index in [1.54, 1.807) is 7.11 Å². The summed E-state index contributed by atoms with van der Waals surface area (Å²) in [6.07, 6.45) is 10.2. The molecule has 5 heteroatoms. The Labute approximate surface area is 191 Å². The summed E-state index contributed by atoms with van der Waals surface area (Å²) in [5.41, 5.74) is 5.35. The summed E-state index contributed by atoms with van der Waals surface area (Å²) >= 11 is 0. The second kappa shape index (κ2) is 8.09.